The molecule has 2 aromatic rings. The molecule has 0 unspecified atom stereocenters. The molecule has 0 amide bonds. The van der Waals surface area contributed by atoms with Crippen molar-refractivity contribution in [1.82, 2.24) is 9.97 Å². The first-order valence-electron chi connectivity index (χ1n) is 5.74. The first-order chi connectivity index (χ1) is 9.47. The van der Waals surface area contributed by atoms with E-state index in [-0.39, 0.29) is 17.0 Å². The summed E-state index contributed by atoms with van der Waals surface area (Å²) in [6.45, 7) is 3.14. The molecule has 102 valence electrons. The van der Waals surface area contributed by atoms with Crippen LogP contribution in [-0.4, -0.2) is 20.7 Å². The number of ketones is 1. The average molecular weight is 289 g/mol. The zero-order chi connectivity index (χ0) is 14.7. The van der Waals surface area contributed by atoms with Crippen molar-refractivity contribution in [3.05, 3.63) is 51.8 Å². The summed E-state index contributed by atoms with van der Waals surface area (Å²) in [5.74, 6) is -0.333. The van der Waals surface area contributed by atoms with E-state index in [0.29, 0.717) is 10.1 Å². The lowest BCUT2D eigenvalue weighted by Crippen LogP contribution is -2.00. The lowest BCUT2D eigenvalue weighted by molar-refractivity contribution is -0.385. The van der Waals surface area contributed by atoms with Crippen LogP contribution in [0.1, 0.15) is 23.0 Å². The predicted molar refractivity (Wildman–Crippen MR) is 74.0 cm³/mol. The lowest BCUT2D eigenvalue weighted by Gasteiger charge is -2.03. The maximum atomic E-state index is 11.3. The molecule has 0 saturated heterocycles. The number of hydrogen-bond acceptors (Lipinski definition) is 6. The Morgan fingerprint density at radius 1 is 1.35 bits per heavy atom. The Morgan fingerprint density at radius 2 is 2.10 bits per heavy atom. The number of hydrogen-bond donors (Lipinski definition) is 0. The molecule has 1 aromatic heterocycles. The minimum Gasteiger partial charge on any atom is -0.294 e. The molecule has 6 nitrogen and oxygen atoms in total. The Morgan fingerprint density at radius 3 is 2.70 bits per heavy atom. The summed E-state index contributed by atoms with van der Waals surface area (Å²) in [4.78, 5) is 30.7. The van der Waals surface area contributed by atoms with E-state index in [4.69, 9.17) is 0 Å². The van der Waals surface area contributed by atoms with Crippen molar-refractivity contribution < 1.29 is 9.72 Å². The molecule has 20 heavy (non-hydrogen) atoms. The van der Waals surface area contributed by atoms with Crippen molar-refractivity contribution in [3.8, 4) is 0 Å². The molecule has 0 bridgehead atoms. The number of benzene rings is 1. The van der Waals surface area contributed by atoms with Gasteiger partial charge in [0.2, 0.25) is 0 Å². The van der Waals surface area contributed by atoms with Crippen LogP contribution in [0.4, 0.5) is 5.69 Å². The van der Waals surface area contributed by atoms with E-state index in [0.717, 1.165) is 5.69 Å². The van der Waals surface area contributed by atoms with Gasteiger partial charge in [0.05, 0.1) is 10.5 Å². The number of nitro groups is 1. The zero-order valence-electron chi connectivity index (χ0n) is 10.9. The number of carbonyl (C=O) groups is 1. The monoisotopic (exact) mass is 289 g/mol. The number of nitrogens with zero attached hydrogens (tertiary/aromatic N) is 3. The molecule has 0 fully saturated rings. The van der Waals surface area contributed by atoms with Gasteiger partial charge in [0.25, 0.3) is 5.69 Å². The van der Waals surface area contributed by atoms with E-state index >= 15 is 0 Å². The quantitative estimate of drug-likeness (QED) is 0.372. The van der Waals surface area contributed by atoms with Crippen LogP contribution in [0.5, 0.6) is 0 Å². The van der Waals surface area contributed by atoms with Crippen LogP contribution in [0.25, 0.3) is 0 Å². The van der Waals surface area contributed by atoms with Gasteiger partial charge in [-0.15, -0.1) is 0 Å². The van der Waals surface area contributed by atoms with E-state index in [2.05, 4.69) is 9.97 Å². The van der Waals surface area contributed by atoms with Crippen LogP contribution in [0, 0.1) is 17.0 Å². The predicted octanol–water partition coefficient (Wildman–Crippen LogP) is 3.05. The largest absolute Gasteiger partial charge is 0.294 e. The number of rotatable bonds is 4. The number of aromatic nitrogens is 2. The van der Waals surface area contributed by atoms with Crippen molar-refractivity contribution in [2.45, 2.75) is 23.9 Å². The second-order valence-electron chi connectivity index (χ2n) is 4.07. The highest BCUT2D eigenvalue weighted by Gasteiger charge is 2.18. The van der Waals surface area contributed by atoms with Gasteiger partial charge in [0.15, 0.2) is 10.9 Å². The third-order valence-corrected chi connectivity index (χ3v) is 3.40. The Hall–Kier alpha value is -2.28. The van der Waals surface area contributed by atoms with Crippen LogP contribution in [0.15, 0.2) is 40.5 Å². The normalized spacial score (nSPS) is 10.3. The molecule has 1 aromatic carbocycles. The van der Waals surface area contributed by atoms with Crippen LogP contribution >= 0.6 is 11.8 Å². The van der Waals surface area contributed by atoms with Gasteiger partial charge in [-0.3, -0.25) is 14.9 Å². The molecule has 0 aliphatic carbocycles. The third kappa shape index (κ3) is 3.18. The van der Waals surface area contributed by atoms with Crippen molar-refractivity contribution in [3.63, 3.8) is 0 Å². The van der Waals surface area contributed by atoms with Gasteiger partial charge in [-0.1, -0.05) is 0 Å². The van der Waals surface area contributed by atoms with Gasteiger partial charge in [-0.25, -0.2) is 9.97 Å². The van der Waals surface area contributed by atoms with Crippen LogP contribution in [-0.2, 0) is 0 Å². The molecule has 0 spiro atoms. The molecule has 1 heterocycles. The van der Waals surface area contributed by atoms with E-state index in [1.54, 1.807) is 18.3 Å². The van der Waals surface area contributed by atoms with Crippen molar-refractivity contribution in [1.29, 1.82) is 0 Å². The number of nitro benzene ring substituents is 1. The lowest BCUT2D eigenvalue weighted by atomic mass is 10.1. The molecule has 0 atom stereocenters. The van der Waals surface area contributed by atoms with Gasteiger partial charge in [-0.05, 0) is 43.8 Å². The molecule has 0 aliphatic rings. The summed E-state index contributed by atoms with van der Waals surface area (Å²) in [6.07, 6.45) is 1.63. The molecule has 2 rings (SSSR count). The number of carbonyl (C=O) groups excluding carboxylic acids is 1. The SMILES string of the molecule is CC(=O)c1ccc(Sc2nccc(C)n2)cc1[N+](=O)[O-]. The zero-order valence-corrected chi connectivity index (χ0v) is 11.7. The Kier molecular flexibility index (Phi) is 4.09. The molecule has 0 aliphatic heterocycles. The molecular weight excluding hydrogens is 278 g/mol. The summed E-state index contributed by atoms with van der Waals surface area (Å²) in [6, 6.07) is 6.25. The molecule has 7 heteroatoms. The van der Waals surface area contributed by atoms with Gasteiger partial charge >= 0.3 is 0 Å². The smallest absolute Gasteiger partial charge is 0.281 e. The standard InChI is InChI=1S/C13H11N3O3S/c1-8-5-6-14-13(15-8)20-10-3-4-11(9(2)17)12(7-10)16(18)19/h3-7H,1-2H3. The first kappa shape index (κ1) is 14.1. The van der Waals surface area contributed by atoms with Crippen molar-refractivity contribution in [2.75, 3.05) is 0 Å². The van der Waals surface area contributed by atoms with Crippen molar-refractivity contribution in [2.24, 2.45) is 0 Å². The average Bonchev–Trinajstić information content (AvgIpc) is 2.38. The van der Waals surface area contributed by atoms with Gasteiger partial charge in [-0.2, -0.15) is 0 Å². The van der Waals surface area contributed by atoms with E-state index < -0.39 is 4.92 Å². The number of aryl methyl sites for hydroxylation is 1. The fourth-order valence-electron chi connectivity index (χ4n) is 1.60. The molecule has 0 N–H and O–H groups in total. The number of Topliss-reactive ketones (excluding diaryl/α,β-unsaturated/α-hetero) is 1. The van der Waals surface area contributed by atoms with Crippen LogP contribution in [0.2, 0.25) is 0 Å². The summed E-state index contributed by atoms with van der Waals surface area (Å²) >= 11 is 1.22. The Balaban J connectivity index is 2.36. The summed E-state index contributed by atoms with van der Waals surface area (Å²) in [5.41, 5.74) is 0.719. The van der Waals surface area contributed by atoms with Gasteiger partial charge in [0, 0.05) is 22.9 Å². The Labute approximate surface area is 119 Å². The van der Waals surface area contributed by atoms with E-state index in [1.807, 2.05) is 6.92 Å². The highest BCUT2D eigenvalue weighted by atomic mass is 32.2. The van der Waals surface area contributed by atoms with E-state index in [9.17, 15) is 14.9 Å². The highest BCUT2D eigenvalue weighted by Crippen LogP contribution is 2.30. The summed E-state index contributed by atoms with van der Waals surface area (Å²) in [5, 5.41) is 11.5. The van der Waals surface area contributed by atoms with E-state index in [1.165, 1.54) is 30.8 Å². The van der Waals surface area contributed by atoms with Crippen LogP contribution < -0.4 is 0 Å². The fraction of sp³-hybridized carbons (Fsp3) is 0.154. The second-order valence-corrected chi connectivity index (χ2v) is 5.12. The maximum Gasteiger partial charge on any atom is 0.281 e. The minimum atomic E-state index is -0.558. The van der Waals surface area contributed by atoms with Gasteiger partial charge < -0.3 is 0 Å². The Bertz CT molecular complexity index is 688. The molecular formula is C13H11N3O3S. The topological polar surface area (TPSA) is 86.0 Å². The first-order valence-corrected chi connectivity index (χ1v) is 6.56. The third-order valence-electron chi connectivity index (χ3n) is 2.53. The minimum absolute atomic E-state index is 0.101. The summed E-state index contributed by atoms with van der Waals surface area (Å²) in [7, 11) is 0. The molecule has 0 saturated carbocycles. The fourth-order valence-corrected chi connectivity index (χ4v) is 2.42. The molecule has 0 radical (unpaired) electrons. The summed E-state index contributed by atoms with van der Waals surface area (Å²) < 4.78 is 0. The van der Waals surface area contributed by atoms with Crippen LogP contribution in [0.3, 0.4) is 0 Å². The highest BCUT2D eigenvalue weighted by molar-refractivity contribution is 7.99. The van der Waals surface area contributed by atoms with Gasteiger partial charge in [0.1, 0.15) is 0 Å². The van der Waals surface area contributed by atoms with Crippen molar-refractivity contribution >= 4 is 23.2 Å². The second kappa shape index (κ2) is 5.79. The maximum absolute atomic E-state index is 11.3.